The van der Waals surface area contributed by atoms with Gasteiger partial charge in [0.15, 0.2) is 5.69 Å². The van der Waals surface area contributed by atoms with Crippen molar-refractivity contribution < 1.29 is 14.2 Å². The highest BCUT2D eigenvalue weighted by atomic mass is 32.1. The van der Waals surface area contributed by atoms with Gasteiger partial charge >= 0.3 is 0 Å². The van der Waals surface area contributed by atoms with Crippen molar-refractivity contribution in [1.29, 1.82) is 0 Å². The molecule has 3 aromatic heterocycles. The van der Waals surface area contributed by atoms with Crippen LogP contribution in [-0.4, -0.2) is 44.0 Å². The molecule has 3 heterocycles. The van der Waals surface area contributed by atoms with E-state index in [1.165, 1.54) is 23.1 Å². The molecular weight excluding hydrogens is 348 g/mol. The lowest BCUT2D eigenvalue weighted by atomic mass is 10.3. The number of nitrogen functional groups attached to an aromatic ring is 1. The van der Waals surface area contributed by atoms with Crippen molar-refractivity contribution in [2.75, 3.05) is 12.8 Å². The Balaban J connectivity index is 1.86. The van der Waals surface area contributed by atoms with Crippen molar-refractivity contribution in [3.63, 3.8) is 0 Å². The molecule has 1 amide bonds. The molecule has 0 bridgehead atoms. The van der Waals surface area contributed by atoms with E-state index in [-0.39, 0.29) is 23.9 Å². The first kappa shape index (κ1) is 16.7. The molecule has 0 atom stereocenters. The van der Waals surface area contributed by atoms with Gasteiger partial charge in [0.05, 0.1) is 12.3 Å². The number of hydrazone groups is 1. The molecule has 0 unspecified atom stereocenters. The number of nitrogens with zero attached hydrogens (tertiary/aromatic N) is 6. The zero-order valence-electron chi connectivity index (χ0n) is 13.3. The molecule has 3 rings (SSSR count). The molecule has 25 heavy (non-hydrogen) atoms. The fourth-order valence-corrected chi connectivity index (χ4v) is 2.66. The third kappa shape index (κ3) is 3.39. The number of ether oxygens (including phenoxy) is 1. The Hall–Kier alpha value is -3.12. The Labute approximate surface area is 145 Å². The molecule has 0 aliphatic heterocycles. The third-order valence-corrected chi connectivity index (χ3v) is 4.14. The molecule has 0 radical (unpaired) electrons. The Morgan fingerprint density at radius 3 is 3.00 bits per heavy atom. The predicted molar refractivity (Wildman–Crippen MR) is 88.3 cm³/mol. The van der Waals surface area contributed by atoms with Crippen LogP contribution in [0, 0.1) is 0 Å². The summed E-state index contributed by atoms with van der Waals surface area (Å²) in [6.07, 6.45) is 0. The van der Waals surface area contributed by atoms with Gasteiger partial charge in [-0.25, -0.2) is 10.1 Å². The summed E-state index contributed by atoms with van der Waals surface area (Å²) in [6.45, 7) is 1.84. The number of carbonyl (C=O) groups is 1. The molecule has 0 fully saturated rings. The highest BCUT2D eigenvalue weighted by molar-refractivity contribution is 7.12. The second-order valence-electron chi connectivity index (χ2n) is 4.82. The van der Waals surface area contributed by atoms with Gasteiger partial charge in [-0.3, -0.25) is 4.79 Å². The van der Waals surface area contributed by atoms with Crippen molar-refractivity contribution in [1.82, 2.24) is 30.7 Å². The SMILES string of the molecule is COCc1c(C(=O)N/N=C(/C)c2cccs2)nnn1-c1nonc1N. The van der Waals surface area contributed by atoms with Gasteiger partial charge in [0.2, 0.25) is 11.6 Å². The fourth-order valence-electron chi connectivity index (χ4n) is 1.98. The van der Waals surface area contributed by atoms with Crippen LogP contribution in [0.4, 0.5) is 5.82 Å². The Morgan fingerprint density at radius 1 is 1.52 bits per heavy atom. The minimum atomic E-state index is -0.538. The maximum Gasteiger partial charge on any atom is 0.293 e. The quantitative estimate of drug-likeness (QED) is 0.478. The summed E-state index contributed by atoms with van der Waals surface area (Å²) in [4.78, 5) is 13.4. The maximum atomic E-state index is 12.4. The standard InChI is InChI=1S/C13H14N8O3S/c1-7(9-4-3-5-25-9)15-17-13(22)10-8(6-23-2)21(20-16-10)12-11(14)18-24-19-12/h3-5H,6H2,1-2H3,(H2,14,18)(H,17,22)/b15-7-. The number of nitrogens with one attached hydrogen (secondary N) is 1. The Bertz CT molecular complexity index is 898. The fraction of sp³-hybridized carbons (Fsp3) is 0.231. The van der Waals surface area contributed by atoms with Crippen molar-refractivity contribution in [2.45, 2.75) is 13.5 Å². The van der Waals surface area contributed by atoms with E-state index in [9.17, 15) is 4.79 Å². The van der Waals surface area contributed by atoms with E-state index in [4.69, 9.17) is 10.5 Å². The summed E-state index contributed by atoms with van der Waals surface area (Å²) in [5.41, 5.74) is 9.16. The number of hydrogen-bond donors (Lipinski definition) is 2. The van der Waals surface area contributed by atoms with Gasteiger partial charge in [0, 0.05) is 12.0 Å². The van der Waals surface area contributed by atoms with Crippen molar-refractivity contribution in [3.05, 3.63) is 33.8 Å². The topological polar surface area (TPSA) is 146 Å². The molecule has 0 aromatic carbocycles. The summed E-state index contributed by atoms with van der Waals surface area (Å²) in [7, 11) is 1.47. The number of amides is 1. The van der Waals surface area contributed by atoms with Gasteiger partial charge in [0.1, 0.15) is 5.69 Å². The van der Waals surface area contributed by atoms with Crippen LogP contribution in [0.1, 0.15) is 28.0 Å². The molecule has 0 saturated carbocycles. The molecule has 130 valence electrons. The van der Waals surface area contributed by atoms with Gasteiger partial charge < -0.3 is 10.5 Å². The van der Waals surface area contributed by atoms with E-state index >= 15 is 0 Å². The van der Waals surface area contributed by atoms with E-state index in [0.29, 0.717) is 11.4 Å². The number of hydrogen-bond acceptors (Lipinski definition) is 10. The summed E-state index contributed by atoms with van der Waals surface area (Å²) in [5, 5.41) is 20.9. The summed E-state index contributed by atoms with van der Waals surface area (Å²) < 4.78 is 10.9. The maximum absolute atomic E-state index is 12.4. The zero-order valence-corrected chi connectivity index (χ0v) is 14.1. The number of rotatable bonds is 6. The van der Waals surface area contributed by atoms with Gasteiger partial charge in [-0.1, -0.05) is 11.3 Å². The summed E-state index contributed by atoms with van der Waals surface area (Å²) in [6, 6.07) is 3.81. The number of anilines is 1. The van der Waals surface area contributed by atoms with E-state index in [2.05, 4.69) is 35.8 Å². The number of aromatic nitrogens is 5. The smallest absolute Gasteiger partial charge is 0.293 e. The highest BCUT2D eigenvalue weighted by Gasteiger charge is 2.23. The van der Waals surface area contributed by atoms with Crippen LogP contribution in [0.15, 0.2) is 27.2 Å². The van der Waals surface area contributed by atoms with Gasteiger partial charge in [-0.05, 0) is 28.7 Å². The molecule has 12 heteroatoms. The summed E-state index contributed by atoms with van der Waals surface area (Å²) in [5.74, 6) is -0.401. The number of nitrogens with two attached hydrogens (primary N) is 1. The molecular formula is C13H14N8O3S. The lowest BCUT2D eigenvalue weighted by Crippen LogP contribution is -2.21. The number of methoxy groups -OCH3 is 1. The van der Waals surface area contributed by atoms with E-state index < -0.39 is 5.91 Å². The van der Waals surface area contributed by atoms with Gasteiger partial charge in [-0.15, -0.1) is 16.4 Å². The monoisotopic (exact) mass is 362 g/mol. The molecule has 3 N–H and O–H groups in total. The van der Waals surface area contributed by atoms with Crippen LogP contribution in [-0.2, 0) is 11.3 Å². The van der Waals surface area contributed by atoms with E-state index in [1.807, 2.05) is 17.5 Å². The van der Waals surface area contributed by atoms with Crippen LogP contribution < -0.4 is 11.2 Å². The minimum Gasteiger partial charge on any atom is -0.378 e. The molecule has 3 aromatic rings. The van der Waals surface area contributed by atoms with Gasteiger partial charge in [-0.2, -0.15) is 9.78 Å². The second kappa shape index (κ2) is 7.19. The molecule has 0 saturated heterocycles. The normalized spacial score (nSPS) is 11.7. The average Bonchev–Trinajstić information content (AvgIpc) is 3.33. The Morgan fingerprint density at radius 2 is 2.36 bits per heavy atom. The highest BCUT2D eigenvalue weighted by Crippen LogP contribution is 2.16. The zero-order chi connectivity index (χ0) is 17.8. The first-order valence-corrected chi connectivity index (χ1v) is 7.90. The molecule has 0 spiro atoms. The first-order chi connectivity index (χ1) is 12.1. The second-order valence-corrected chi connectivity index (χ2v) is 5.77. The van der Waals surface area contributed by atoms with Crippen LogP contribution in [0.5, 0.6) is 0 Å². The average molecular weight is 362 g/mol. The van der Waals surface area contributed by atoms with Gasteiger partial charge in [0.25, 0.3) is 5.91 Å². The van der Waals surface area contributed by atoms with Crippen LogP contribution in [0.3, 0.4) is 0 Å². The molecule has 11 nitrogen and oxygen atoms in total. The lowest BCUT2D eigenvalue weighted by Gasteiger charge is -2.04. The summed E-state index contributed by atoms with van der Waals surface area (Å²) >= 11 is 1.52. The van der Waals surface area contributed by atoms with E-state index in [0.717, 1.165) is 4.88 Å². The Kier molecular flexibility index (Phi) is 4.81. The van der Waals surface area contributed by atoms with Crippen LogP contribution in [0.2, 0.25) is 0 Å². The van der Waals surface area contributed by atoms with Crippen molar-refractivity contribution in [2.24, 2.45) is 5.10 Å². The molecule has 0 aliphatic carbocycles. The van der Waals surface area contributed by atoms with Crippen molar-refractivity contribution >= 4 is 28.8 Å². The number of thiophene rings is 1. The predicted octanol–water partition coefficient (Wildman–Crippen LogP) is 0.594. The van der Waals surface area contributed by atoms with Crippen LogP contribution >= 0.6 is 11.3 Å². The molecule has 0 aliphatic rings. The van der Waals surface area contributed by atoms with E-state index in [1.54, 1.807) is 6.92 Å². The largest absolute Gasteiger partial charge is 0.378 e. The third-order valence-electron chi connectivity index (χ3n) is 3.16. The van der Waals surface area contributed by atoms with Crippen molar-refractivity contribution in [3.8, 4) is 5.82 Å². The lowest BCUT2D eigenvalue weighted by molar-refractivity contribution is 0.0944. The first-order valence-electron chi connectivity index (χ1n) is 7.02. The number of carbonyl (C=O) groups excluding carboxylic acids is 1. The minimum absolute atomic E-state index is 0.0146. The van der Waals surface area contributed by atoms with Crippen LogP contribution in [0.25, 0.3) is 5.82 Å².